The number of Topliss-reactive ketones (excluding diaryl/α,β-unsaturated/α-hetero) is 1. The molecule has 0 spiro atoms. The molecular weight excluding hydrogens is 539 g/mol. The molecule has 0 radical (unpaired) electrons. The minimum absolute atomic E-state index is 0.140. The van der Waals surface area contributed by atoms with E-state index < -0.39 is 29.5 Å². The van der Waals surface area contributed by atoms with Crippen molar-refractivity contribution in [3.63, 3.8) is 0 Å². The van der Waals surface area contributed by atoms with Crippen LogP contribution in [0, 0.1) is 6.92 Å². The SMILES string of the molecule is COc1ccc(C2/C(=C(\O)c3ccc(Br)c(C)c3)C(=O)C(=O)N2Cc2cccc(C(F)(F)F)c2)cc1. The van der Waals surface area contributed by atoms with Crippen molar-refractivity contribution in [1.29, 1.82) is 0 Å². The van der Waals surface area contributed by atoms with Crippen LogP contribution < -0.4 is 4.74 Å². The van der Waals surface area contributed by atoms with E-state index in [0.717, 1.165) is 22.2 Å². The van der Waals surface area contributed by atoms with Crippen molar-refractivity contribution in [3.8, 4) is 5.75 Å². The van der Waals surface area contributed by atoms with E-state index in [2.05, 4.69) is 15.9 Å². The minimum Gasteiger partial charge on any atom is -0.507 e. The quantitative estimate of drug-likeness (QED) is 0.223. The van der Waals surface area contributed by atoms with Gasteiger partial charge in [0, 0.05) is 16.6 Å². The molecule has 0 aromatic heterocycles. The van der Waals surface area contributed by atoms with E-state index >= 15 is 0 Å². The molecule has 1 amide bonds. The lowest BCUT2D eigenvalue weighted by molar-refractivity contribution is -0.140. The summed E-state index contributed by atoms with van der Waals surface area (Å²) in [5, 5.41) is 11.2. The lowest BCUT2D eigenvalue weighted by atomic mass is 9.94. The molecule has 0 bridgehead atoms. The molecule has 36 heavy (non-hydrogen) atoms. The van der Waals surface area contributed by atoms with E-state index in [4.69, 9.17) is 4.74 Å². The van der Waals surface area contributed by atoms with Crippen LogP contribution in [0.25, 0.3) is 5.76 Å². The van der Waals surface area contributed by atoms with Gasteiger partial charge >= 0.3 is 6.18 Å². The second-order valence-corrected chi connectivity index (χ2v) is 9.22. The Balaban J connectivity index is 1.85. The molecule has 9 heteroatoms. The summed E-state index contributed by atoms with van der Waals surface area (Å²) in [5.41, 5.74) is 0.841. The predicted octanol–water partition coefficient (Wildman–Crippen LogP) is 6.41. The summed E-state index contributed by atoms with van der Waals surface area (Å²) < 4.78 is 45.8. The molecule has 4 rings (SSSR count). The topological polar surface area (TPSA) is 66.8 Å². The number of alkyl halides is 3. The number of aliphatic hydroxyl groups excluding tert-OH is 1. The van der Waals surface area contributed by atoms with Crippen LogP contribution in [0.3, 0.4) is 0 Å². The molecular formula is C27H21BrF3NO4. The predicted molar refractivity (Wildman–Crippen MR) is 131 cm³/mol. The van der Waals surface area contributed by atoms with Crippen LogP contribution in [-0.2, 0) is 22.3 Å². The lowest BCUT2D eigenvalue weighted by Gasteiger charge is -2.26. The van der Waals surface area contributed by atoms with Gasteiger partial charge in [0.15, 0.2) is 0 Å². The number of hydrogen-bond donors (Lipinski definition) is 1. The van der Waals surface area contributed by atoms with E-state index in [0.29, 0.717) is 16.9 Å². The van der Waals surface area contributed by atoms with E-state index in [-0.39, 0.29) is 23.4 Å². The van der Waals surface area contributed by atoms with Crippen LogP contribution in [-0.4, -0.2) is 28.8 Å². The Hall–Kier alpha value is -3.59. The summed E-state index contributed by atoms with van der Waals surface area (Å²) in [6.07, 6.45) is -4.56. The number of amides is 1. The van der Waals surface area contributed by atoms with Gasteiger partial charge < -0.3 is 14.7 Å². The van der Waals surface area contributed by atoms with Crippen molar-refractivity contribution in [1.82, 2.24) is 4.90 Å². The summed E-state index contributed by atoms with van der Waals surface area (Å²) >= 11 is 3.39. The van der Waals surface area contributed by atoms with Gasteiger partial charge in [-0.2, -0.15) is 13.2 Å². The molecule has 0 saturated carbocycles. The maximum absolute atomic E-state index is 13.3. The van der Waals surface area contributed by atoms with Crippen molar-refractivity contribution < 1.29 is 32.6 Å². The first-order valence-corrected chi connectivity index (χ1v) is 11.7. The van der Waals surface area contributed by atoms with Gasteiger partial charge in [-0.15, -0.1) is 0 Å². The zero-order chi connectivity index (χ0) is 26.2. The molecule has 1 fully saturated rings. The monoisotopic (exact) mass is 559 g/mol. The van der Waals surface area contributed by atoms with Crippen LogP contribution in [0.1, 0.15) is 33.9 Å². The third-order valence-electron chi connectivity index (χ3n) is 6.01. The Morgan fingerprint density at radius 2 is 1.75 bits per heavy atom. The molecule has 3 aromatic rings. The van der Waals surface area contributed by atoms with E-state index in [1.807, 2.05) is 6.92 Å². The number of carbonyl (C=O) groups excluding carboxylic acids is 2. The summed E-state index contributed by atoms with van der Waals surface area (Å²) in [5.74, 6) is -1.65. The number of ketones is 1. The van der Waals surface area contributed by atoms with Crippen LogP contribution in [0.4, 0.5) is 13.2 Å². The number of aliphatic hydroxyl groups is 1. The van der Waals surface area contributed by atoms with E-state index in [9.17, 15) is 27.9 Å². The highest BCUT2D eigenvalue weighted by molar-refractivity contribution is 9.10. The normalized spacial score (nSPS) is 17.5. The molecule has 186 valence electrons. The molecule has 1 heterocycles. The molecule has 5 nitrogen and oxygen atoms in total. The van der Waals surface area contributed by atoms with Crippen molar-refractivity contribution in [2.45, 2.75) is 25.7 Å². The number of aryl methyl sites for hydroxylation is 1. The summed E-state index contributed by atoms with van der Waals surface area (Å²) in [7, 11) is 1.49. The zero-order valence-electron chi connectivity index (χ0n) is 19.3. The second kappa shape index (κ2) is 9.81. The number of halogens is 4. The number of rotatable bonds is 5. The summed E-state index contributed by atoms with van der Waals surface area (Å²) in [6, 6.07) is 15.1. The van der Waals surface area contributed by atoms with Gasteiger partial charge in [0.1, 0.15) is 11.5 Å². The van der Waals surface area contributed by atoms with Gasteiger partial charge in [-0.1, -0.05) is 46.3 Å². The molecule has 3 aromatic carbocycles. The Morgan fingerprint density at radius 1 is 1.06 bits per heavy atom. The van der Waals surface area contributed by atoms with E-state index in [1.165, 1.54) is 24.1 Å². The van der Waals surface area contributed by atoms with Crippen molar-refractivity contribution >= 4 is 33.4 Å². The highest BCUT2D eigenvalue weighted by Gasteiger charge is 2.46. The van der Waals surface area contributed by atoms with Crippen molar-refractivity contribution in [2.24, 2.45) is 0 Å². The van der Waals surface area contributed by atoms with Gasteiger partial charge in [-0.05, 0) is 60.0 Å². The lowest BCUT2D eigenvalue weighted by Crippen LogP contribution is -2.29. The number of nitrogens with zero attached hydrogens (tertiary/aromatic N) is 1. The average Bonchev–Trinajstić information content (AvgIpc) is 3.10. The third-order valence-corrected chi connectivity index (χ3v) is 6.90. The third kappa shape index (κ3) is 4.88. The van der Waals surface area contributed by atoms with Crippen molar-refractivity contribution in [2.75, 3.05) is 7.11 Å². The molecule has 1 aliphatic heterocycles. The first-order chi connectivity index (χ1) is 17.0. The highest BCUT2D eigenvalue weighted by Crippen LogP contribution is 2.41. The molecule has 0 aliphatic carbocycles. The molecule has 1 N–H and O–H groups in total. The molecule has 1 saturated heterocycles. The van der Waals surface area contributed by atoms with Gasteiger partial charge in [0.2, 0.25) is 0 Å². The largest absolute Gasteiger partial charge is 0.507 e. The number of methoxy groups -OCH3 is 1. The zero-order valence-corrected chi connectivity index (χ0v) is 20.9. The van der Waals surface area contributed by atoms with Gasteiger partial charge in [0.05, 0.1) is 24.3 Å². The second-order valence-electron chi connectivity index (χ2n) is 8.36. The Labute approximate surface area is 213 Å². The van der Waals surface area contributed by atoms with Crippen LogP contribution >= 0.6 is 15.9 Å². The van der Waals surface area contributed by atoms with Gasteiger partial charge in [-0.3, -0.25) is 9.59 Å². The smallest absolute Gasteiger partial charge is 0.416 e. The summed E-state index contributed by atoms with van der Waals surface area (Å²) in [4.78, 5) is 27.5. The van der Waals surface area contributed by atoms with E-state index in [1.54, 1.807) is 42.5 Å². The van der Waals surface area contributed by atoms with Gasteiger partial charge in [0.25, 0.3) is 11.7 Å². The average molecular weight is 560 g/mol. The van der Waals surface area contributed by atoms with Gasteiger partial charge in [-0.25, -0.2) is 0 Å². The minimum atomic E-state index is -4.56. The number of likely N-dealkylation sites (tertiary alicyclic amines) is 1. The maximum atomic E-state index is 13.3. The molecule has 1 atom stereocenters. The standard InChI is InChI=1S/C27H21BrF3NO4/c1-15-12-18(8-11-21(15)28)24(33)22-23(17-6-9-20(36-2)10-7-17)32(26(35)25(22)34)14-16-4-3-5-19(13-16)27(29,30)31/h3-13,23,33H,14H2,1-2H3/b24-22+. The first-order valence-electron chi connectivity index (χ1n) is 10.9. The number of hydrogen-bond acceptors (Lipinski definition) is 4. The Bertz CT molecular complexity index is 1370. The fraction of sp³-hybridized carbons (Fsp3) is 0.185. The Kier molecular flexibility index (Phi) is 6.95. The fourth-order valence-electron chi connectivity index (χ4n) is 4.17. The highest BCUT2D eigenvalue weighted by atomic mass is 79.9. The van der Waals surface area contributed by atoms with Crippen LogP contribution in [0.15, 0.2) is 76.8 Å². The van der Waals surface area contributed by atoms with Crippen molar-refractivity contribution in [3.05, 3.63) is 105 Å². The maximum Gasteiger partial charge on any atom is 0.416 e. The number of benzene rings is 3. The number of ether oxygens (including phenoxy) is 1. The van der Waals surface area contributed by atoms with Crippen LogP contribution in [0.2, 0.25) is 0 Å². The summed E-state index contributed by atoms with van der Waals surface area (Å²) in [6.45, 7) is 1.55. The fourth-order valence-corrected chi connectivity index (χ4v) is 4.41. The molecule has 1 unspecified atom stereocenters. The Morgan fingerprint density at radius 3 is 2.36 bits per heavy atom. The number of carbonyl (C=O) groups is 2. The molecule has 1 aliphatic rings. The van der Waals surface area contributed by atoms with Crippen LogP contribution in [0.5, 0.6) is 5.75 Å². The first kappa shape index (κ1) is 25.5.